The van der Waals surface area contributed by atoms with Crippen LogP contribution in [0.1, 0.15) is 31.3 Å². The maximum atomic E-state index is 12.1. The third-order valence-electron chi connectivity index (χ3n) is 3.56. The Morgan fingerprint density at radius 1 is 0.889 bits per heavy atom. The van der Waals surface area contributed by atoms with Gasteiger partial charge in [0.15, 0.2) is 11.5 Å². The van der Waals surface area contributed by atoms with Crippen molar-refractivity contribution < 1.29 is 33.8 Å². The van der Waals surface area contributed by atoms with Crippen molar-refractivity contribution in [2.24, 2.45) is 0 Å². The molecule has 3 rings (SSSR count). The molecular formula is C19H13NO7. The normalized spacial score (nSPS) is 10.2. The number of benzene rings is 2. The Hall–Kier alpha value is -4.07. The van der Waals surface area contributed by atoms with Crippen LogP contribution in [-0.2, 0) is 0 Å². The van der Waals surface area contributed by atoms with Crippen LogP contribution in [0.2, 0.25) is 0 Å². The van der Waals surface area contributed by atoms with Crippen LogP contribution in [-0.4, -0.2) is 28.1 Å². The summed E-state index contributed by atoms with van der Waals surface area (Å²) >= 11 is 0. The predicted octanol–water partition coefficient (Wildman–Crippen LogP) is 3.72. The van der Waals surface area contributed by atoms with Crippen LogP contribution in [0.15, 0.2) is 65.3 Å². The summed E-state index contributed by atoms with van der Waals surface area (Å²) in [6.45, 7) is 0. The molecule has 0 saturated carbocycles. The van der Waals surface area contributed by atoms with Gasteiger partial charge in [0.1, 0.15) is 5.75 Å². The minimum atomic E-state index is -1.39. The van der Waals surface area contributed by atoms with Crippen LogP contribution < -0.4 is 10.1 Å². The highest BCUT2D eigenvalue weighted by molar-refractivity contribution is 6.03. The number of carboxylic acids is 2. The molecular weight excluding hydrogens is 354 g/mol. The fourth-order valence-electron chi connectivity index (χ4n) is 2.33. The first-order valence-electron chi connectivity index (χ1n) is 7.68. The van der Waals surface area contributed by atoms with E-state index in [0.717, 1.165) is 12.1 Å². The molecule has 3 N–H and O–H groups in total. The summed E-state index contributed by atoms with van der Waals surface area (Å²) in [6, 6.07) is 13.2. The second-order valence-corrected chi connectivity index (χ2v) is 5.35. The third-order valence-corrected chi connectivity index (χ3v) is 3.56. The lowest BCUT2D eigenvalue weighted by Crippen LogP contribution is -2.11. The number of furan rings is 1. The molecule has 0 aliphatic heterocycles. The number of anilines is 1. The predicted molar refractivity (Wildman–Crippen MR) is 93.5 cm³/mol. The lowest BCUT2D eigenvalue weighted by molar-refractivity contribution is 0.0651. The first kappa shape index (κ1) is 17.7. The largest absolute Gasteiger partial charge is 0.478 e. The fraction of sp³-hybridized carbons (Fsp3) is 0. The van der Waals surface area contributed by atoms with Gasteiger partial charge >= 0.3 is 11.9 Å². The second-order valence-electron chi connectivity index (χ2n) is 5.35. The van der Waals surface area contributed by atoms with Gasteiger partial charge in [-0.25, -0.2) is 9.59 Å². The summed E-state index contributed by atoms with van der Waals surface area (Å²) in [4.78, 5) is 34.6. The average Bonchev–Trinajstić information content (AvgIpc) is 3.18. The molecule has 8 heteroatoms. The molecule has 27 heavy (non-hydrogen) atoms. The van der Waals surface area contributed by atoms with Crippen molar-refractivity contribution in [2.45, 2.75) is 0 Å². The number of hydrogen-bond acceptors (Lipinski definition) is 5. The number of ether oxygens (including phenoxy) is 1. The van der Waals surface area contributed by atoms with E-state index in [1.165, 1.54) is 18.4 Å². The van der Waals surface area contributed by atoms with Gasteiger partial charge in [-0.3, -0.25) is 4.79 Å². The van der Waals surface area contributed by atoms with E-state index in [9.17, 15) is 19.5 Å². The number of aromatic carboxylic acids is 2. The summed E-state index contributed by atoms with van der Waals surface area (Å²) in [7, 11) is 0. The average molecular weight is 367 g/mol. The Morgan fingerprint density at radius 2 is 1.63 bits per heavy atom. The van der Waals surface area contributed by atoms with Gasteiger partial charge in [0.05, 0.1) is 23.1 Å². The van der Waals surface area contributed by atoms with E-state index >= 15 is 0 Å². The van der Waals surface area contributed by atoms with E-state index in [2.05, 4.69) is 5.32 Å². The van der Waals surface area contributed by atoms with Gasteiger partial charge in [0.25, 0.3) is 5.91 Å². The van der Waals surface area contributed by atoms with Gasteiger partial charge in [-0.15, -0.1) is 0 Å². The highest BCUT2D eigenvalue weighted by atomic mass is 16.5. The first-order valence-corrected chi connectivity index (χ1v) is 7.68. The summed E-state index contributed by atoms with van der Waals surface area (Å²) in [5, 5.41) is 20.9. The minimum Gasteiger partial charge on any atom is -0.478 e. The van der Waals surface area contributed by atoms with Crippen LogP contribution in [0.3, 0.4) is 0 Å². The first-order chi connectivity index (χ1) is 13.0. The monoisotopic (exact) mass is 367 g/mol. The van der Waals surface area contributed by atoms with Crippen molar-refractivity contribution in [1.29, 1.82) is 0 Å². The Labute approximate surface area is 152 Å². The molecule has 0 aliphatic rings. The Morgan fingerprint density at radius 3 is 2.30 bits per heavy atom. The topological polar surface area (TPSA) is 126 Å². The van der Waals surface area contributed by atoms with E-state index in [0.29, 0.717) is 5.69 Å². The van der Waals surface area contributed by atoms with Crippen molar-refractivity contribution >= 4 is 23.5 Å². The van der Waals surface area contributed by atoms with Crippen LogP contribution in [0, 0.1) is 0 Å². The van der Waals surface area contributed by atoms with E-state index < -0.39 is 23.4 Å². The summed E-state index contributed by atoms with van der Waals surface area (Å²) in [6.07, 6.45) is 1.37. The van der Waals surface area contributed by atoms with E-state index in [-0.39, 0.29) is 22.8 Å². The minimum absolute atomic E-state index is 0.108. The molecule has 0 radical (unpaired) electrons. The van der Waals surface area contributed by atoms with Gasteiger partial charge in [-0.05, 0) is 42.5 Å². The quantitative estimate of drug-likeness (QED) is 0.606. The molecule has 8 nitrogen and oxygen atoms in total. The van der Waals surface area contributed by atoms with Crippen molar-refractivity contribution in [3.63, 3.8) is 0 Å². The second kappa shape index (κ2) is 7.44. The van der Waals surface area contributed by atoms with E-state index in [1.807, 2.05) is 0 Å². The molecule has 0 bridgehead atoms. The van der Waals surface area contributed by atoms with Crippen molar-refractivity contribution in [1.82, 2.24) is 0 Å². The van der Waals surface area contributed by atoms with Gasteiger partial charge in [0.2, 0.25) is 0 Å². The molecule has 0 saturated heterocycles. The van der Waals surface area contributed by atoms with Crippen molar-refractivity contribution in [3.05, 3.63) is 77.7 Å². The number of amides is 1. The Balaban J connectivity index is 1.88. The lowest BCUT2D eigenvalue weighted by Gasteiger charge is -2.12. The number of nitrogens with one attached hydrogen (secondary N) is 1. The molecule has 136 valence electrons. The number of hydrogen-bond donors (Lipinski definition) is 3. The number of carbonyl (C=O) groups excluding carboxylic acids is 1. The number of para-hydroxylation sites is 2. The molecule has 0 atom stereocenters. The third kappa shape index (κ3) is 3.96. The number of carboxylic acid groups (broad SMARTS) is 2. The molecule has 0 unspecified atom stereocenters. The molecule has 1 heterocycles. The van der Waals surface area contributed by atoms with Gasteiger partial charge in [-0.2, -0.15) is 0 Å². The van der Waals surface area contributed by atoms with Gasteiger partial charge in [-0.1, -0.05) is 12.1 Å². The zero-order chi connectivity index (χ0) is 19.4. The zero-order valence-corrected chi connectivity index (χ0v) is 13.7. The lowest BCUT2D eigenvalue weighted by atomic mass is 10.1. The Bertz CT molecular complexity index is 1010. The summed E-state index contributed by atoms with van der Waals surface area (Å²) < 4.78 is 10.7. The molecule has 0 aliphatic carbocycles. The number of carbonyl (C=O) groups is 3. The van der Waals surface area contributed by atoms with E-state index in [4.69, 9.17) is 14.3 Å². The molecule has 2 aromatic carbocycles. The smallest absolute Gasteiger partial charge is 0.336 e. The van der Waals surface area contributed by atoms with Gasteiger partial charge < -0.3 is 24.7 Å². The SMILES string of the molecule is O=C(Nc1ccccc1Oc1ccc(C(=O)O)c(C(=O)O)c1)c1ccco1. The van der Waals surface area contributed by atoms with Crippen molar-refractivity contribution in [3.8, 4) is 11.5 Å². The van der Waals surface area contributed by atoms with Crippen LogP contribution in [0.5, 0.6) is 11.5 Å². The molecule has 0 spiro atoms. The fourth-order valence-corrected chi connectivity index (χ4v) is 2.33. The zero-order valence-electron chi connectivity index (χ0n) is 13.7. The molecule has 1 amide bonds. The summed E-state index contributed by atoms with van der Waals surface area (Å²) in [5.41, 5.74) is -0.426. The number of rotatable bonds is 6. The Kier molecular flexibility index (Phi) is 4.89. The standard InChI is InChI=1S/C19H13NO7/c21-17(16-6-3-9-26-16)20-14-4-1-2-5-15(14)27-11-7-8-12(18(22)23)13(10-11)19(24)25/h1-10H,(H,20,21)(H,22,23)(H,24,25). The molecule has 3 aromatic rings. The highest BCUT2D eigenvalue weighted by Crippen LogP contribution is 2.31. The summed E-state index contributed by atoms with van der Waals surface area (Å²) in [5.74, 6) is -2.76. The molecule has 0 fully saturated rings. The van der Waals surface area contributed by atoms with Crippen LogP contribution in [0.4, 0.5) is 5.69 Å². The van der Waals surface area contributed by atoms with E-state index in [1.54, 1.807) is 30.3 Å². The highest BCUT2D eigenvalue weighted by Gasteiger charge is 2.18. The maximum Gasteiger partial charge on any atom is 0.336 e. The maximum absolute atomic E-state index is 12.1. The van der Waals surface area contributed by atoms with Crippen molar-refractivity contribution in [2.75, 3.05) is 5.32 Å². The van der Waals surface area contributed by atoms with Gasteiger partial charge in [0, 0.05) is 0 Å². The van der Waals surface area contributed by atoms with Crippen LogP contribution in [0.25, 0.3) is 0 Å². The van der Waals surface area contributed by atoms with Crippen LogP contribution >= 0.6 is 0 Å². The molecule has 1 aromatic heterocycles.